The molecule has 1 fully saturated rings. The lowest BCUT2D eigenvalue weighted by molar-refractivity contribution is -0.146. The molecule has 4 nitrogen and oxygen atoms in total. The van der Waals surface area contributed by atoms with Gasteiger partial charge in [-0.2, -0.15) is 13.2 Å². The molecule has 0 radical (unpaired) electrons. The number of para-hydroxylation sites is 1. The topological polar surface area (TPSA) is 39.3 Å². The zero-order valence-corrected chi connectivity index (χ0v) is 17.5. The average molecular weight is 432 g/mol. The number of H-pyrrole nitrogens is 1. The van der Waals surface area contributed by atoms with Gasteiger partial charge in [-0.1, -0.05) is 42.0 Å². The number of hydrogen-bond donors (Lipinski definition) is 1. The van der Waals surface area contributed by atoms with E-state index < -0.39 is 24.7 Å². The second-order valence-corrected chi connectivity index (χ2v) is 8.42. The van der Waals surface area contributed by atoms with Crippen LogP contribution in [0.4, 0.5) is 13.2 Å². The second-order valence-electron chi connectivity index (χ2n) is 8.42. The van der Waals surface area contributed by atoms with E-state index >= 15 is 0 Å². The molecule has 1 amide bonds. The molecule has 2 aliphatic rings. The molecule has 0 spiro atoms. The average Bonchev–Trinajstić information content (AvgIpc) is 3.20. The summed E-state index contributed by atoms with van der Waals surface area (Å²) in [6.45, 7) is 0.897. The van der Waals surface area contributed by atoms with Gasteiger partial charge in [0.1, 0.15) is 12.2 Å². The van der Waals surface area contributed by atoms with Crippen LogP contribution in [0.3, 0.4) is 0 Å². The monoisotopic (exact) mass is 431 g/mol. The third kappa shape index (κ3) is 5.58. The Morgan fingerprint density at radius 2 is 2.06 bits per heavy atom. The number of hydrogen-bond acceptors (Lipinski definition) is 2. The lowest BCUT2D eigenvalue weighted by atomic mass is 10.0. The van der Waals surface area contributed by atoms with Crippen molar-refractivity contribution in [2.24, 2.45) is 0 Å². The highest BCUT2D eigenvalue weighted by atomic mass is 19.4. The van der Waals surface area contributed by atoms with Crippen LogP contribution in [-0.2, 0) is 0 Å². The fourth-order valence-electron chi connectivity index (χ4n) is 4.53. The van der Waals surface area contributed by atoms with Gasteiger partial charge in [0.25, 0.3) is 5.91 Å². The number of carbonyl (C=O) groups is 1. The van der Waals surface area contributed by atoms with E-state index in [9.17, 15) is 18.0 Å². The number of fused-ring (bicyclic) bond motifs is 1. The first kappa shape index (κ1) is 21.7. The Labute approximate surface area is 180 Å². The van der Waals surface area contributed by atoms with Crippen molar-refractivity contribution < 1.29 is 18.0 Å². The van der Waals surface area contributed by atoms with Crippen LogP contribution in [0.25, 0.3) is 10.9 Å². The highest BCUT2D eigenvalue weighted by molar-refractivity contribution is 5.98. The minimum atomic E-state index is -4.44. The van der Waals surface area contributed by atoms with Gasteiger partial charge in [0, 0.05) is 30.0 Å². The van der Waals surface area contributed by atoms with Crippen molar-refractivity contribution >= 4 is 16.8 Å². The van der Waals surface area contributed by atoms with Gasteiger partial charge in [-0.15, -0.1) is 0 Å². The van der Waals surface area contributed by atoms with E-state index in [1.54, 1.807) is 6.07 Å². The largest absolute Gasteiger partial charge is 0.406 e. The second kappa shape index (κ2) is 9.30. The van der Waals surface area contributed by atoms with E-state index in [-0.39, 0.29) is 5.69 Å². The number of likely N-dealkylation sites (tertiary alicyclic amines) is 1. The van der Waals surface area contributed by atoms with E-state index in [0.29, 0.717) is 13.0 Å². The molecular weight excluding hydrogens is 403 g/mol. The number of alkyl halides is 3. The highest BCUT2D eigenvalue weighted by Gasteiger charge is 2.38. The number of carbonyl (C=O) groups excluding carboxylic acids is 1. The lowest BCUT2D eigenvalue weighted by Crippen LogP contribution is -2.53. The molecule has 1 aliphatic carbocycles. The maximum absolute atomic E-state index is 13.4. The molecule has 1 unspecified atom stereocenters. The Balaban J connectivity index is 1.48. The predicted octanol–water partition coefficient (Wildman–Crippen LogP) is 5.30. The van der Waals surface area contributed by atoms with Gasteiger partial charge in [0.2, 0.25) is 0 Å². The van der Waals surface area contributed by atoms with Gasteiger partial charge >= 0.3 is 6.18 Å². The van der Waals surface area contributed by atoms with Gasteiger partial charge in [-0.05, 0) is 50.8 Å². The lowest BCUT2D eigenvalue weighted by Gasteiger charge is -2.39. The summed E-state index contributed by atoms with van der Waals surface area (Å²) in [7, 11) is 0. The molecule has 1 saturated heterocycles. The van der Waals surface area contributed by atoms with Gasteiger partial charge < -0.3 is 14.8 Å². The number of amides is 1. The number of halogens is 3. The Bertz CT molecular complexity index is 943. The van der Waals surface area contributed by atoms with Crippen LogP contribution < -0.4 is 0 Å². The van der Waals surface area contributed by atoms with Crippen molar-refractivity contribution in [3.63, 3.8) is 0 Å². The summed E-state index contributed by atoms with van der Waals surface area (Å²) in [5, 5.41) is 0.817. The SMILES string of the molecule is O=C(c1cc2ccccc2[nH]1)N(CC(F)(F)F)C1CCCN(CCC2=CCCC=C2)C1. The van der Waals surface area contributed by atoms with Gasteiger partial charge in [0.15, 0.2) is 0 Å². The quantitative estimate of drug-likeness (QED) is 0.674. The maximum atomic E-state index is 13.4. The summed E-state index contributed by atoms with van der Waals surface area (Å²) in [5.41, 5.74) is 2.24. The number of benzene rings is 1. The zero-order valence-electron chi connectivity index (χ0n) is 17.5. The van der Waals surface area contributed by atoms with E-state index in [4.69, 9.17) is 0 Å². The van der Waals surface area contributed by atoms with Crippen molar-refractivity contribution in [2.75, 3.05) is 26.2 Å². The fraction of sp³-hybridized carbons (Fsp3) is 0.458. The Kier molecular flexibility index (Phi) is 6.51. The van der Waals surface area contributed by atoms with Crippen molar-refractivity contribution in [1.82, 2.24) is 14.8 Å². The van der Waals surface area contributed by atoms with Crippen LogP contribution in [0, 0.1) is 0 Å². The van der Waals surface area contributed by atoms with Crippen molar-refractivity contribution in [1.29, 1.82) is 0 Å². The molecule has 31 heavy (non-hydrogen) atoms. The van der Waals surface area contributed by atoms with Crippen LogP contribution >= 0.6 is 0 Å². The van der Waals surface area contributed by atoms with Crippen LogP contribution in [0.1, 0.15) is 42.6 Å². The standard InChI is InChI=1S/C24H28F3N3O/c25-24(26,27)17-30(23(31)22-15-19-9-4-5-11-21(19)28-22)20-10-6-13-29(16-20)14-12-18-7-2-1-3-8-18/h2,4-5,7-9,11,15,20,28H,1,3,6,10,12-14,16-17H2. The molecule has 2 heterocycles. The number of piperidine rings is 1. The molecule has 1 N–H and O–H groups in total. The van der Waals surface area contributed by atoms with Crippen molar-refractivity contribution in [2.45, 2.75) is 44.3 Å². The molecule has 1 aliphatic heterocycles. The number of nitrogens with one attached hydrogen (secondary N) is 1. The molecule has 166 valence electrons. The van der Waals surface area contributed by atoms with Gasteiger partial charge in [-0.25, -0.2) is 0 Å². The molecule has 1 aromatic heterocycles. The predicted molar refractivity (Wildman–Crippen MR) is 116 cm³/mol. The first-order valence-electron chi connectivity index (χ1n) is 10.9. The van der Waals surface area contributed by atoms with Crippen LogP contribution in [0.15, 0.2) is 54.1 Å². The minimum absolute atomic E-state index is 0.208. The van der Waals surface area contributed by atoms with Crippen molar-refractivity contribution in [3.8, 4) is 0 Å². The first-order chi connectivity index (χ1) is 14.9. The number of aromatic amines is 1. The third-order valence-electron chi connectivity index (χ3n) is 6.08. The van der Waals surface area contributed by atoms with E-state index in [1.165, 1.54) is 5.57 Å². The number of nitrogens with zero attached hydrogens (tertiary/aromatic N) is 2. The summed E-state index contributed by atoms with van der Waals surface area (Å²) < 4.78 is 40.2. The summed E-state index contributed by atoms with van der Waals surface area (Å²) in [4.78, 5) is 19.4. The third-order valence-corrected chi connectivity index (χ3v) is 6.08. The molecule has 1 atom stereocenters. The van der Waals surface area contributed by atoms with Crippen LogP contribution in [0.2, 0.25) is 0 Å². The molecular formula is C24H28F3N3O. The first-order valence-corrected chi connectivity index (χ1v) is 10.9. The minimum Gasteiger partial charge on any atom is -0.351 e. The summed E-state index contributed by atoms with van der Waals surface area (Å²) in [6.07, 6.45) is 6.47. The molecule has 0 bridgehead atoms. The normalized spacial score (nSPS) is 20.1. The fourth-order valence-corrected chi connectivity index (χ4v) is 4.53. The molecule has 0 saturated carbocycles. The summed E-state index contributed by atoms with van der Waals surface area (Å²) in [5.74, 6) is -0.585. The van der Waals surface area contributed by atoms with E-state index in [0.717, 1.165) is 54.6 Å². The maximum Gasteiger partial charge on any atom is 0.406 e. The zero-order chi connectivity index (χ0) is 21.8. The Morgan fingerprint density at radius 3 is 2.81 bits per heavy atom. The number of allylic oxidation sites excluding steroid dienone is 3. The molecule has 7 heteroatoms. The number of rotatable bonds is 6. The van der Waals surface area contributed by atoms with E-state index in [2.05, 4.69) is 28.1 Å². The molecule has 4 rings (SSSR count). The Morgan fingerprint density at radius 1 is 1.23 bits per heavy atom. The van der Waals surface area contributed by atoms with E-state index in [1.807, 2.05) is 24.3 Å². The molecule has 1 aromatic carbocycles. The summed E-state index contributed by atoms with van der Waals surface area (Å²) >= 11 is 0. The van der Waals surface area contributed by atoms with Gasteiger partial charge in [-0.3, -0.25) is 4.79 Å². The Hall–Kier alpha value is -2.54. The van der Waals surface area contributed by atoms with Crippen LogP contribution in [-0.4, -0.2) is 59.1 Å². The summed E-state index contributed by atoms with van der Waals surface area (Å²) in [6, 6.07) is 8.52. The highest BCUT2D eigenvalue weighted by Crippen LogP contribution is 2.26. The van der Waals surface area contributed by atoms with Crippen molar-refractivity contribution in [3.05, 3.63) is 59.8 Å². The smallest absolute Gasteiger partial charge is 0.351 e. The van der Waals surface area contributed by atoms with Crippen LogP contribution in [0.5, 0.6) is 0 Å². The molecule has 2 aromatic rings. The van der Waals surface area contributed by atoms with Gasteiger partial charge in [0.05, 0.1) is 0 Å². The number of aromatic nitrogens is 1.